The first-order valence-electron chi connectivity index (χ1n) is 5.29. The summed E-state index contributed by atoms with van der Waals surface area (Å²) in [7, 11) is 0. The first kappa shape index (κ1) is 14.0. The molecular weight excluding hydrogens is 307 g/mol. The van der Waals surface area contributed by atoms with Crippen molar-refractivity contribution >= 4 is 52.1 Å². The molecule has 3 N–H and O–H groups in total. The van der Waals surface area contributed by atoms with Gasteiger partial charge in [-0.2, -0.15) is 0 Å². The van der Waals surface area contributed by atoms with Crippen LogP contribution in [0, 0.1) is 0 Å². The van der Waals surface area contributed by atoms with Gasteiger partial charge in [0.15, 0.2) is 0 Å². The van der Waals surface area contributed by atoms with Crippen molar-refractivity contribution in [3.8, 4) is 0 Å². The molecule has 0 aliphatic carbocycles. The molecule has 0 saturated heterocycles. The normalized spacial score (nSPS) is 10.3. The summed E-state index contributed by atoms with van der Waals surface area (Å²) in [6.07, 6.45) is 0. The lowest BCUT2D eigenvalue weighted by molar-refractivity contribution is 0.100. The first-order chi connectivity index (χ1) is 8.97. The second-order valence-corrected chi connectivity index (χ2v) is 5.06. The molecule has 0 saturated carbocycles. The quantitative estimate of drug-likeness (QED) is 0.877. The van der Waals surface area contributed by atoms with Crippen LogP contribution in [0.2, 0.25) is 15.1 Å². The summed E-state index contributed by atoms with van der Waals surface area (Å²) >= 11 is 17.6. The van der Waals surface area contributed by atoms with Crippen LogP contribution in [-0.2, 0) is 0 Å². The van der Waals surface area contributed by atoms with Gasteiger partial charge < -0.3 is 11.1 Å². The summed E-state index contributed by atoms with van der Waals surface area (Å²) in [5.74, 6) is -0.565. The van der Waals surface area contributed by atoms with E-state index < -0.39 is 5.91 Å². The Morgan fingerprint density at radius 3 is 2.37 bits per heavy atom. The zero-order valence-corrected chi connectivity index (χ0v) is 11.9. The molecule has 0 radical (unpaired) electrons. The maximum Gasteiger partial charge on any atom is 0.250 e. The van der Waals surface area contributed by atoms with Crippen LogP contribution in [0.3, 0.4) is 0 Å². The van der Waals surface area contributed by atoms with Crippen molar-refractivity contribution < 1.29 is 4.79 Å². The monoisotopic (exact) mass is 314 g/mol. The third-order valence-electron chi connectivity index (χ3n) is 2.45. The van der Waals surface area contributed by atoms with Crippen molar-refractivity contribution in [1.29, 1.82) is 0 Å². The lowest BCUT2D eigenvalue weighted by atomic mass is 10.1. The molecule has 3 nitrogen and oxygen atoms in total. The summed E-state index contributed by atoms with van der Waals surface area (Å²) < 4.78 is 0. The van der Waals surface area contributed by atoms with E-state index in [0.29, 0.717) is 32.0 Å². The minimum atomic E-state index is -0.565. The fourth-order valence-corrected chi connectivity index (χ4v) is 2.03. The third kappa shape index (κ3) is 3.32. The van der Waals surface area contributed by atoms with E-state index >= 15 is 0 Å². The molecule has 0 aromatic heterocycles. The Morgan fingerprint density at radius 2 is 1.74 bits per heavy atom. The summed E-state index contributed by atoms with van der Waals surface area (Å²) in [4.78, 5) is 11.4. The van der Waals surface area contributed by atoms with Gasteiger partial charge in [0.2, 0.25) is 0 Å². The average molecular weight is 316 g/mol. The van der Waals surface area contributed by atoms with Crippen LogP contribution in [0.15, 0.2) is 36.4 Å². The van der Waals surface area contributed by atoms with E-state index in [1.807, 2.05) is 0 Å². The van der Waals surface area contributed by atoms with Crippen molar-refractivity contribution in [1.82, 2.24) is 0 Å². The number of hydrogen-bond donors (Lipinski definition) is 2. The first-order valence-corrected chi connectivity index (χ1v) is 6.42. The Morgan fingerprint density at radius 1 is 1.00 bits per heavy atom. The number of hydrogen-bond acceptors (Lipinski definition) is 2. The molecule has 1 amide bonds. The van der Waals surface area contributed by atoms with Gasteiger partial charge in [0.25, 0.3) is 5.91 Å². The van der Waals surface area contributed by atoms with E-state index in [9.17, 15) is 4.79 Å². The zero-order chi connectivity index (χ0) is 14.0. The van der Waals surface area contributed by atoms with E-state index in [1.165, 1.54) is 6.07 Å². The van der Waals surface area contributed by atoms with E-state index in [4.69, 9.17) is 40.5 Å². The van der Waals surface area contributed by atoms with Gasteiger partial charge in [0, 0.05) is 10.7 Å². The number of rotatable bonds is 3. The molecule has 0 aliphatic heterocycles. The van der Waals surface area contributed by atoms with E-state index in [1.54, 1.807) is 30.3 Å². The molecule has 98 valence electrons. The highest BCUT2D eigenvalue weighted by atomic mass is 35.5. The van der Waals surface area contributed by atoms with Crippen LogP contribution in [0.25, 0.3) is 0 Å². The summed E-state index contributed by atoms with van der Waals surface area (Å²) in [6, 6.07) is 9.89. The average Bonchev–Trinajstić information content (AvgIpc) is 2.36. The van der Waals surface area contributed by atoms with Gasteiger partial charge in [-0.1, -0.05) is 34.8 Å². The van der Waals surface area contributed by atoms with Crippen molar-refractivity contribution in [3.63, 3.8) is 0 Å². The predicted octanol–water partition coefficient (Wildman–Crippen LogP) is 4.49. The Hall–Kier alpha value is -1.42. The van der Waals surface area contributed by atoms with Gasteiger partial charge in [0.05, 0.1) is 21.3 Å². The van der Waals surface area contributed by atoms with Gasteiger partial charge in [-0.05, 0) is 36.4 Å². The number of nitrogens with two attached hydrogens (primary N) is 1. The Bertz CT molecular complexity index is 644. The predicted molar refractivity (Wildman–Crippen MR) is 79.7 cm³/mol. The third-order valence-corrected chi connectivity index (χ3v) is 3.42. The maximum absolute atomic E-state index is 11.4. The minimum absolute atomic E-state index is 0.304. The number of halogens is 3. The molecule has 2 aromatic carbocycles. The van der Waals surface area contributed by atoms with E-state index in [2.05, 4.69) is 5.32 Å². The molecule has 0 bridgehead atoms. The lowest BCUT2D eigenvalue weighted by Crippen LogP contribution is -2.13. The van der Waals surface area contributed by atoms with E-state index in [0.717, 1.165) is 0 Å². The molecule has 19 heavy (non-hydrogen) atoms. The SMILES string of the molecule is NC(=O)c1cc(Cl)ccc1Nc1ccc(Cl)c(Cl)c1. The van der Waals surface area contributed by atoms with Crippen molar-refractivity contribution in [2.75, 3.05) is 5.32 Å². The number of benzene rings is 2. The van der Waals surface area contributed by atoms with Gasteiger partial charge in [0.1, 0.15) is 0 Å². The van der Waals surface area contributed by atoms with E-state index in [-0.39, 0.29) is 0 Å². The fourth-order valence-electron chi connectivity index (χ4n) is 1.56. The number of nitrogens with one attached hydrogen (secondary N) is 1. The highest BCUT2D eigenvalue weighted by Crippen LogP contribution is 2.29. The van der Waals surface area contributed by atoms with Crippen LogP contribution in [-0.4, -0.2) is 5.91 Å². The van der Waals surface area contributed by atoms with Crippen molar-refractivity contribution in [2.24, 2.45) is 5.73 Å². The number of carbonyl (C=O) groups is 1. The highest BCUT2D eigenvalue weighted by molar-refractivity contribution is 6.42. The molecule has 0 heterocycles. The molecule has 6 heteroatoms. The number of carbonyl (C=O) groups excluding carboxylic acids is 1. The molecule has 0 fully saturated rings. The van der Waals surface area contributed by atoms with Crippen LogP contribution in [0.5, 0.6) is 0 Å². The van der Waals surface area contributed by atoms with Gasteiger partial charge >= 0.3 is 0 Å². The molecule has 0 spiro atoms. The maximum atomic E-state index is 11.4. The number of amides is 1. The minimum Gasteiger partial charge on any atom is -0.366 e. The highest BCUT2D eigenvalue weighted by Gasteiger charge is 2.09. The fraction of sp³-hybridized carbons (Fsp3) is 0. The largest absolute Gasteiger partial charge is 0.366 e. The van der Waals surface area contributed by atoms with Crippen LogP contribution in [0.1, 0.15) is 10.4 Å². The van der Waals surface area contributed by atoms with Gasteiger partial charge in [-0.3, -0.25) is 4.79 Å². The van der Waals surface area contributed by atoms with Gasteiger partial charge in [-0.25, -0.2) is 0 Å². The second kappa shape index (κ2) is 5.70. The summed E-state index contributed by atoms with van der Waals surface area (Å²) in [5, 5.41) is 4.36. The molecule has 2 rings (SSSR count). The second-order valence-electron chi connectivity index (χ2n) is 3.81. The summed E-state index contributed by atoms with van der Waals surface area (Å²) in [6.45, 7) is 0. The zero-order valence-electron chi connectivity index (χ0n) is 9.58. The van der Waals surface area contributed by atoms with Crippen molar-refractivity contribution in [3.05, 3.63) is 57.0 Å². The topological polar surface area (TPSA) is 55.1 Å². The molecule has 0 atom stereocenters. The number of anilines is 2. The molecule has 2 aromatic rings. The summed E-state index contributed by atoms with van der Waals surface area (Å²) in [5.41, 5.74) is 6.86. The smallest absolute Gasteiger partial charge is 0.250 e. The van der Waals surface area contributed by atoms with Gasteiger partial charge in [-0.15, -0.1) is 0 Å². The Kier molecular flexibility index (Phi) is 4.20. The Labute approximate surface area is 125 Å². The van der Waals surface area contributed by atoms with Crippen molar-refractivity contribution in [2.45, 2.75) is 0 Å². The Balaban J connectivity index is 2.37. The molecular formula is C13H9Cl3N2O. The van der Waals surface area contributed by atoms with Crippen LogP contribution >= 0.6 is 34.8 Å². The number of primary amides is 1. The molecule has 0 unspecified atom stereocenters. The lowest BCUT2D eigenvalue weighted by Gasteiger charge is -2.11. The van der Waals surface area contributed by atoms with Crippen LogP contribution in [0.4, 0.5) is 11.4 Å². The molecule has 0 aliphatic rings. The van der Waals surface area contributed by atoms with Crippen LogP contribution < -0.4 is 11.1 Å². The standard InChI is InChI=1S/C13H9Cl3N2O/c14-7-1-4-12(9(5-7)13(17)19)18-8-2-3-10(15)11(16)6-8/h1-6,18H,(H2,17,19).